The predicted octanol–water partition coefficient (Wildman–Crippen LogP) is 4.09. The van der Waals surface area contributed by atoms with Gasteiger partial charge in [0.25, 0.3) is 15.9 Å². The summed E-state index contributed by atoms with van der Waals surface area (Å²) in [6.45, 7) is 3.97. The summed E-state index contributed by atoms with van der Waals surface area (Å²) in [5, 5.41) is 3.08. The van der Waals surface area contributed by atoms with Crippen LogP contribution < -0.4 is 14.4 Å². The van der Waals surface area contributed by atoms with E-state index in [2.05, 4.69) is 5.32 Å². The standard InChI is InChI=1S/C20H25ClN2O4S/c1-5-6-14(2)22-20(24)18-12-7-15(13-19(18)21)23(3)28(25,26)17-10-8-16(27-4)9-11-17/h7-14H,5-6H2,1-4H3,(H,22,24)/t14-/m1/s1. The van der Waals surface area contributed by atoms with E-state index in [-0.39, 0.29) is 21.9 Å². The number of hydrogen-bond acceptors (Lipinski definition) is 4. The van der Waals surface area contributed by atoms with E-state index in [1.165, 1.54) is 38.4 Å². The third kappa shape index (κ3) is 4.97. The van der Waals surface area contributed by atoms with Gasteiger partial charge in [-0.2, -0.15) is 0 Å². The lowest BCUT2D eigenvalue weighted by Gasteiger charge is -2.21. The van der Waals surface area contributed by atoms with E-state index in [1.54, 1.807) is 18.2 Å². The second-order valence-corrected chi connectivity index (χ2v) is 8.85. The van der Waals surface area contributed by atoms with Crippen molar-refractivity contribution in [1.82, 2.24) is 5.32 Å². The Hall–Kier alpha value is -2.25. The van der Waals surface area contributed by atoms with E-state index in [1.807, 2.05) is 13.8 Å². The van der Waals surface area contributed by atoms with Crippen LogP contribution in [0, 0.1) is 0 Å². The van der Waals surface area contributed by atoms with Crippen LogP contribution in [-0.4, -0.2) is 34.5 Å². The fourth-order valence-corrected chi connectivity index (χ4v) is 4.18. The smallest absolute Gasteiger partial charge is 0.264 e. The van der Waals surface area contributed by atoms with Crippen molar-refractivity contribution in [2.75, 3.05) is 18.5 Å². The Morgan fingerprint density at radius 3 is 2.39 bits per heavy atom. The van der Waals surface area contributed by atoms with Crippen LogP contribution in [-0.2, 0) is 10.0 Å². The van der Waals surface area contributed by atoms with Crippen molar-refractivity contribution < 1.29 is 17.9 Å². The van der Waals surface area contributed by atoms with Gasteiger partial charge in [-0.3, -0.25) is 9.10 Å². The molecule has 0 bridgehead atoms. The van der Waals surface area contributed by atoms with Crippen molar-refractivity contribution in [2.24, 2.45) is 0 Å². The molecule has 0 aliphatic carbocycles. The van der Waals surface area contributed by atoms with Crippen molar-refractivity contribution in [3.8, 4) is 5.75 Å². The molecular weight excluding hydrogens is 400 g/mol. The largest absolute Gasteiger partial charge is 0.497 e. The first-order valence-corrected chi connectivity index (χ1v) is 10.8. The Labute approximate surface area is 171 Å². The number of nitrogens with one attached hydrogen (secondary N) is 1. The minimum absolute atomic E-state index is 0.0337. The maximum absolute atomic E-state index is 12.8. The van der Waals surface area contributed by atoms with Crippen LogP contribution in [0.3, 0.4) is 0 Å². The number of methoxy groups -OCH3 is 1. The first-order valence-electron chi connectivity index (χ1n) is 8.94. The molecule has 0 aromatic heterocycles. The van der Waals surface area contributed by atoms with Crippen LogP contribution >= 0.6 is 11.6 Å². The van der Waals surface area contributed by atoms with Crippen molar-refractivity contribution in [3.05, 3.63) is 53.1 Å². The number of carbonyl (C=O) groups is 1. The van der Waals surface area contributed by atoms with Crippen LogP contribution in [0.25, 0.3) is 0 Å². The normalized spacial score (nSPS) is 12.3. The van der Waals surface area contributed by atoms with Crippen LogP contribution in [0.15, 0.2) is 47.4 Å². The molecule has 0 saturated carbocycles. The first kappa shape index (κ1) is 22.0. The molecule has 2 rings (SSSR count). The van der Waals surface area contributed by atoms with Crippen molar-refractivity contribution >= 4 is 33.2 Å². The summed E-state index contributed by atoms with van der Waals surface area (Å²) in [7, 11) is -0.824. The Kier molecular flexibility index (Phi) is 7.32. The Morgan fingerprint density at radius 1 is 1.21 bits per heavy atom. The van der Waals surface area contributed by atoms with Crippen LogP contribution in [0.2, 0.25) is 5.02 Å². The molecule has 6 nitrogen and oxygen atoms in total. The highest BCUT2D eigenvalue weighted by Crippen LogP contribution is 2.28. The molecule has 1 N–H and O–H groups in total. The third-order valence-corrected chi connectivity index (χ3v) is 6.49. The number of anilines is 1. The monoisotopic (exact) mass is 424 g/mol. The highest BCUT2D eigenvalue weighted by molar-refractivity contribution is 7.92. The predicted molar refractivity (Wildman–Crippen MR) is 112 cm³/mol. The number of rotatable bonds is 8. The number of carbonyl (C=O) groups excluding carboxylic acids is 1. The molecule has 1 amide bonds. The number of hydrogen-bond donors (Lipinski definition) is 1. The van der Waals surface area contributed by atoms with Crippen LogP contribution in [0.4, 0.5) is 5.69 Å². The SMILES string of the molecule is CCC[C@@H](C)NC(=O)c1ccc(N(C)S(=O)(=O)c2ccc(OC)cc2)cc1Cl. The molecule has 1 atom stereocenters. The Morgan fingerprint density at radius 2 is 1.86 bits per heavy atom. The Balaban J connectivity index is 2.25. The van der Waals surface area contributed by atoms with E-state index in [0.29, 0.717) is 17.0 Å². The van der Waals surface area contributed by atoms with Gasteiger partial charge in [0.2, 0.25) is 0 Å². The zero-order valence-corrected chi connectivity index (χ0v) is 18.0. The number of benzene rings is 2. The lowest BCUT2D eigenvalue weighted by molar-refractivity contribution is 0.0938. The number of amides is 1. The summed E-state index contributed by atoms with van der Waals surface area (Å²) in [5.41, 5.74) is 0.669. The van der Waals surface area contributed by atoms with E-state index in [9.17, 15) is 13.2 Å². The molecular formula is C20H25ClN2O4S. The summed E-state index contributed by atoms with van der Waals surface area (Å²) in [4.78, 5) is 12.5. The highest BCUT2D eigenvalue weighted by atomic mass is 35.5. The zero-order valence-electron chi connectivity index (χ0n) is 16.4. The molecule has 0 radical (unpaired) electrons. The number of sulfonamides is 1. The van der Waals surface area contributed by atoms with Gasteiger partial charge >= 0.3 is 0 Å². The van der Waals surface area contributed by atoms with Gasteiger partial charge in [-0.15, -0.1) is 0 Å². The summed E-state index contributed by atoms with van der Waals surface area (Å²) in [6.07, 6.45) is 1.83. The Bertz CT molecular complexity index is 930. The molecule has 0 aliphatic rings. The molecule has 8 heteroatoms. The van der Waals surface area contributed by atoms with E-state index >= 15 is 0 Å². The molecule has 152 valence electrons. The number of halogens is 1. The van der Waals surface area contributed by atoms with E-state index in [0.717, 1.165) is 17.1 Å². The van der Waals surface area contributed by atoms with Crippen molar-refractivity contribution in [2.45, 2.75) is 37.6 Å². The molecule has 2 aromatic rings. The minimum atomic E-state index is -3.77. The first-order chi connectivity index (χ1) is 13.2. The van der Waals surface area contributed by atoms with Gasteiger partial charge < -0.3 is 10.1 Å². The zero-order chi connectivity index (χ0) is 20.9. The molecule has 28 heavy (non-hydrogen) atoms. The lowest BCUT2D eigenvalue weighted by atomic mass is 10.1. The third-order valence-electron chi connectivity index (χ3n) is 4.38. The van der Waals surface area contributed by atoms with Crippen molar-refractivity contribution in [1.29, 1.82) is 0 Å². The number of ether oxygens (including phenoxy) is 1. The lowest BCUT2D eigenvalue weighted by Crippen LogP contribution is -2.32. The molecule has 0 aliphatic heterocycles. The number of nitrogens with zero attached hydrogens (tertiary/aromatic N) is 1. The molecule has 0 heterocycles. The fraction of sp³-hybridized carbons (Fsp3) is 0.350. The average Bonchev–Trinajstić information content (AvgIpc) is 2.67. The molecule has 0 unspecified atom stereocenters. The van der Waals surface area contributed by atoms with Gasteiger partial charge in [-0.25, -0.2) is 8.42 Å². The van der Waals surface area contributed by atoms with Gasteiger partial charge in [0.15, 0.2) is 0 Å². The molecule has 0 fully saturated rings. The fourth-order valence-electron chi connectivity index (χ4n) is 2.74. The average molecular weight is 425 g/mol. The second kappa shape index (κ2) is 9.30. The van der Waals surface area contributed by atoms with Gasteiger partial charge in [0, 0.05) is 13.1 Å². The van der Waals surface area contributed by atoms with Crippen LogP contribution in [0.1, 0.15) is 37.0 Å². The quantitative estimate of drug-likeness (QED) is 0.692. The minimum Gasteiger partial charge on any atom is -0.497 e. The van der Waals surface area contributed by atoms with Crippen molar-refractivity contribution in [3.63, 3.8) is 0 Å². The summed E-state index contributed by atoms with van der Waals surface area (Å²) in [6, 6.07) is 10.7. The van der Waals surface area contributed by atoms with E-state index in [4.69, 9.17) is 16.3 Å². The maximum atomic E-state index is 12.8. The van der Waals surface area contributed by atoms with Gasteiger partial charge in [-0.05, 0) is 55.8 Å². The molecule has 2 aromatic carbocycles. The topological polar surface area (TPSA) is 75.7 Å². The summed E-state index contributed by atoms with van der Waals surface area (Å²) < 4.78 is 31.9. The second-order valence-electron chi connectivity index (χ2n) is 6.48. The maximum Gasteiger partial charge on any atom is 0.264 e. The van der Waals surface area contributed by atoms with Crippen LogP contribution in [0.5, 0.6) is 5.75 Å². The molecule has 0 saturated heterocycles. The van der Waals surface area contributed by atoms with E-state index < -0.39 is 10.0 Å². The van der Waals surface area contributed by atoms with Gasteiger partial charge in [-0.1, -0.05) is 24.9 Å². The summed E-state index contributed by atoms with van der Waals surface area (Å²) in [5.74, 6) is 0.287. The highest BCUT2D eigenvalue weighted by Gasteiger charge is 2.23. The van der Waals surface area contributed by atoms with Gasteiger partial charge in [0.1, 0.15) is 5.75 Å². The van der Waals surface area contributed by atoms with Gasteiger partial charge in [0.05, 0.1) is 28.3 Å². The summed E-state index contributed by atoms with van der Waals surface area (Å²) >= 11 is 6.27. The molecule has 0 spiro atoms.